The van der Waals surface area contributed by atoms with E-state index in [9.17, 15) is 4.79 Å². The van der Waals surface area contributed by atoms with Gasteiger partial charge >= 0.3 is 5.63 Å². The van der Waals surface area contributed by atoms with E-state index in [0.29, 0.717) is 23.0 Å². The van der Waals surface area contributed by atoms with Crippen molar-refractivity contribution in [3.05, 3.63) is 62.5 Å². The molecule has 1 aromatic carbocycles. The zero-order valence-electron chi connectivity index (χ0n) is 15.3. The third kappa shape index (κ3) is 5.50. The fourth-order valence-electron chi connectivity index (χ4n) is 2.60. The first-order chi connectivity index (χ1) is 11.9. The van der Waals surface area contributed by atoms with Crippen molar-refractivity contribution in [2.45, 2.75) is 47.0 Å². The molecule has 1 heterocycles. The van der Waals surface area contributed by atoms with Crippen molar-refractivity contribution in [1.82, 2.24) is 0 Å². The van der Waals surface area contributed by atoms with E-state index in [2.05, 4.69) is 32.9 Å². The van der Waals surface area contributed by atoms with Crippen LogP contribution in [0.5, 0.6) is 5.75 Å². The largest absolute Gasteiger partial charge is 0.488 e. The maximum Gasteiger partial charge on any atom is 0.336 e. The van der Waals surface area contributed by atoms with Gasteiger partial charge in [-0.1, -0.05) is 35.7 Å². The summed E-state index contributed by atoms with van der Waals surface area (Å²) in [4.78, 5) is 11.7. The van der Waals surface area contributed by atoms with E-state index in [4.69, 9.17) is 20.8 Å². The van der Waals surface area contributed by atoms with Crippen molar-refractivity contribution in [3.8, 4) is 5.75 Å². The van der Waals surface area contributed by atoms with Crippen LogP contribution >= 0.6 is 11.6 Å². The number of halogens is 1. The number of hydrogen-bond donors (Lipinski definition) is 0. The maximum atomic E-state index is 11.7. The first kappa shape index (κ1) is 19.3. The number of aryl methyl sites for hydroxylation is 1. The average molecular weight is 361 g/mol. The Morgan fingerprint density at radius 2 is 1.96 bits per heavy atom. The molecule has 134 valence electrons. The predicted octanol–water partition coefficient (Wildman–Crippen LogP) is 6.08. The van der Waals surface area contributed by atoms with Crippen LogP contribution < -0.4 is 10.4 Å². The van der Waals surface area contributed by atoms with Gasteiger partial charge in [0, 0.05) is 17.5 Å². The van der Waals surface area contributed by atoms with Crippen LogP contribution in [0.3, 0.4) is 0 Å². The second-order valence-corrected chi connectivity index (χ2v) is 6.81. The maximum absolute atomic E-state index is 11.7. The summed E-state index contributed by atoms with van der Waals surface area (Å²) < 4.78 is 11.1. The second-order valence-electron chi connectivity index (χ2n) is 6.40. The van der Waals surface area contributed by atoms with Crippen LogP contribution in [0.4, 0.5) is 0 Å². The van der Waals surface area contributed by atoms with E-state index < -0.39 is 0 Å². The third-order valence-corrected chi connectivity index (χ3v) is 4.32. The van der Waals surface area contributed by atoms with E-state index in [1.165, 1.54) is 17.2 Å². The molecule has 2 aromatic rings. The van der Waals surface area contributed by atoms with Crippen molar-refractivity contribution in [2.24, 2.45) is 0 Å². The molecule has 0 fully saturated rings. The van der Waals surface area contributed by atoms with Gasteiger partial charge in [-0.3, -0.25) is 0 Å². The summed E-state index contributed by atoms with van der Waals surface area (Å²) in [6, 6.07) is 5.02. The van der Waals surface area contributed by atoms with Gasteiger partial charge in [-0.15, -0.1) is 0 Å². The molecule has 0 unspecified atom stereocenters. The zero-order valence-corrected chi connectivity index (χ0v) is 16.1. The lowest BCUT2D eigenvalue weighted by atomic mass is 10.1. The Labute approximate surface area is 153 Å². The highest BCUT2D eigenvalue weighted by Gasteiger charge is 2.10. The van der Waals surface area contributed by atoms with E-state index in [-0.39, 0.29) is 5.63 Å². The summed E-state index contributed by atoms with van der Waals surface area (Å²) in [5, 5.41) is 1.37. The summed E-state index contributed by atoms with van der Waals surface area (Å²) >= 11 is 6.33. The molecule has 4 heteroatoms. The molecule has 0 bridgehead atoms. The second kappa shape index (κ2) is 8.91. The van der Waals surface area contributed by atoms with Crippen LogP contribution in [0.2, 0.25) is 5.02 Å². The Hall–Kier alpha value is -2.00. The molecule has 0 spiro atoms. The van der Waals surface area contributed by atoms with Gasteiger partial charge in [0.1, 0.15) is 17.9 Å². The lowest BCUT2D eigenvalue weighted by Crippen LogP contribution is -2.01. The van der Waals surface area contributed by atoms with Gasteiger partial charge in [0.15, 0.2) is 0 Å². The summed E-state index contributed by atoms with van der Waals surface area (Å²) in [6.07, 6.45) is 7.07. The predicted molar refractivity (Wildman–Crippen MR) is 105 cm³/mol. The van der Waals surface area contributed by atoms with Crippen molar-refractivity contribution in [1.29, 1.82) is 0 Å². The lowest BCUT2D eigenvalue weighted by molar-refractivity contribution is 0.361. The molecule has 0 aliphatic heterocycles. The average Bonchev–Trinajstić information content (AvgIpc) is 2.54. The van der Waals surface area contributed by atoms with E-state index in [1.54, 1.807) is 12.1 Å². The number of rotatable bonds is 7. The minimum atomic E-state index is -0.354. The van der Waals surface area contributed by atoms with Crippen LogP contribution in [0.15, 0.2) is 50.7 Å². The molecule has 0 radical (unpaired) electrons. The molecule has 3 nitrogen and oxygen atoms in total. The summed E-state index contributed by atoms with van der Waals surface area (Å²) in [7, 11) is 0. The number of benzene rings is 1. The molecule has 0 atom stereocenters. The van der Waals surface area contributed by atoms with Crippen LogP contribution in [0.25, 0.3) is 11.0 Å². The molecule has 1 aromatic heterocycles. The Kier molecular flexibility index (Phi) is 6.89. The summed E-state index contributed by atoms with van der Waals surface area (Å²) in [5.41, 5.74) is 3.68. The van der Waals surface area contributed by atoms with Gasteiger partial charge in [0.25, 0.3) is 0 Å². The zero-order chi connectivity index (χ0) is 18.4. The Morgan fingerprint density at radius 1 is 1.20 bits per heavy atom. The highest BCUT2D eigenvalue weighted by atomic mass is 35.5. The van der Waals surface area contributed by atoms with E-state index >= 15 is 0 Å². The van der Waals surface area contributed by atoms with Crippen molar-refractivity contribution in [2.75, 3.05) is 6.61 Å². The standard InChI is InChI=1S/C21H25ClO3/c1-5-16-11-21(23)25-19-13-20(18(22)12-17(16)19)24-10-9-15(4)8-6-7-14(2)3/h7,9,11-13H,5-6,8,10H2,1-4H3. The topological polar surface area (TPSA) is 39.4 Å². The molecule has 0 saturated heterocycles. The quantitative estimate of drug-likeness (QED) is 0.443. The van der Waals surface area contributed by atoms with Gasteiger partial charge in [-0.2, -0.15) is 0 Å². The number of allylic oxidation sites excluding steroid dienone is 3. The Balaban J connectivity index is 2.12. The van der Waals surface area contributed by atoms with Crippen LogP contribution in [-0.2, 0) is 6.42 Å². The number of fused-ring (bicyclic) bond motifs is 1. The van der Waals surface area contributed by atoms with E-state index in [0.717, 1.165) is 30.2 Å². The molecule has 2 rings (SSSR count). The monoisotopic (exact) mass is 360 g/mol. The molecular formula is C21H25ClO3. The SMILES string of the molecule is CCc1cc(=O)oc2cc(OCC=C(C)CCC=C(C)C)c(Cl)cc12. The fraction of sp³-hybridized carbons (Fsp3) is 0.381. The summed E-state index contributed by atoms with van der Waals surface area (Å²) in [6.45, 7) is 8.73. The molecule has 0 amide bonds. The van der Waals surface area contributed by atoms with Gasteiger partial charge < -0.3 is 9.15 Å². The molecule has 0 saturated carbocycles. The third-order valence-electron chi connectivity index (χ3n) is 4.03. The van der Waals surface area contributed by atoms with Gasteiger partial charge in [-0.05, 0) is 57.7 Å². The van der Waals surface area contributed by atoms with Gasteiger partial charge in [0.2, 0.25) is 0 Å². The van der Waals surface area contributed by atoms with Crippen LogP contribution in [-0.4, -0.2) is 6.61 Å². The number of ether oxygens (including phenoxy) is 1. The first-order valence-electron chi connectivity index (χ1n) is 8.58. The van der Waals surface area contributed by atoms with Crippen molar-refractivity contribution >= 4 is 22.6 Å². The highest BCUT2D eigenvalue weighted by Crippen LogP contribution is 2.31. The smallest absolute Gasteiger partial charge is 0.336 e. The van der Waals surface area contributed by atoms with Crippen LogP contribution in [0.1, 0.15) is 46.1 Å². The molecule has 0 aliphatic carbocycles. The van der Waals surface area contributed by atoms with Gasteiger partial charge in [-0.25, -0.2) is 4.79 Å². The van der Waals surface area contributed by atoms with Crippen LogP contribution in [0, 0.1) is 0 Å². The Bertz CT molecular complexity index is 855. The van der Waals surface area contributed by atoms with Crippen molar-refractivity contribution < 1.29 is 9.15 Å². The molecular weight excluding hydrogens is 336 g/mol. The highest BCUT2D eigenvalue weighted by molar-refractivity contribution is 6.32. The molecule has 0 aliphatic rings. The van der Waals surface area contributed by atoms with E-state index in [1.807, 2.05) is 6.92 Å². The minimum absolute atomic E-state index is 0.354. The minimum Gasteiger partial charge on any atom is -0.488 e. The van der Waals surface area contributed by atoms with Gasteiger partial charge in [0.05, 0.1) is 5.02 Å². The fourth-order valence-corrected chi connectivity index (χ4v) is 2.81. The molecule has 0 N–H and O–H groups in total. The summed E-state index contributed by atoms with van der Waals surface area (Å²) in [5.74, 6) is 0.527. The normalized spacial score (nSPS) is 11.6. The lowest BCUT2D eigenvalue weighted by Gasteiger charge is -2.09. The Morgan fingerprint density at radius 3 is 2.64 bits per heavy atom. The molecule has 25 heavy (non-hydrogen) atoms. The number of hydrogen-bond acceptors (Lipinski definition) is 3. The first-order valence-corrected chi connectivity index (χ1v) is 8.96. The van der Waals surface area contributed by atoms with Crippen molar-refractivity contribution in [3.63, 3.8) is 0 Å².